The van der Waals surface area contributed by atoms with Gasteiger partial charge in [0.05, 0.1) is 28.4 Å². The zero-order valence-electron chi connectivity index (χ0n) is 14.9. The average molecular weight is 440 g/mol. The normalized spacial score (nSPS) is 11.9. The lowest BCUT2D eigenvalue weighted by Crippen LogP contribution is -2.40. The maximum absolute atomic E-state index is 12.1. The summed E-state index contributed by atoms with van der Waals surface area (Å²) in [6.07, 6.45) is 0. The maximum Gasteiger partial charge on any atom is 0.261 e. The Hall–Kier alpha value is -1.90. The highest BCUT2D eigenvalue weighted by atomic mass is 79.9. The molecule has 0 spiro atoms. The van der Waals surface area contributed by atoms with E-state index in [1.807, 2.05) is 43.3 Å². The molecule has 2 aromatic rings. The fraction of sp³-hybridized carbons (Fsp3) is 0.333. The van der Waals surface area contributed by atoms with E-state index >= 15 is 0 Å². The highest BCUT2D eigenvalue weighted by Crippen LogP contribution is 2.22. The van der Waals surface area contributed by atoms with Crippen molar-refractivity contribution in [1.82, 2.24) is 15.5 Å². The van der Waals surface area contributed by atoms with Gasteiger partial charge in [0.1, 0.15) is 5.75 Å². The topological polar surface area (TPSA) is 70.7 Å². The van der Waals surface area contributed by atoms with Crippen LogP contribution in [-0.4, -0.2) is 51.0 Å². The lowest BCUT2D eigenvalue weighted by molar-refractivity contribution is -0.120. The molecule has 2 N–H and O–H groups in total. The van der Waals surface area contributed by atoms with Crippen LogP contribution < -0.4 is 15.4 Å². The number of benzene rings is 1. The van der Waals surface area contributed by atoms with Crippen LogP contribution in [-0.2, 0) is 4.79 Å². The number of likely N-dealkylation sites (N-methyl/N-ethyl adjacent to an activating group) is 1. The van der Waals surface area contributed by atoms with E-state index < -0.39 is 0 Å². The van der Waals surface area contributed by atoms with Gasteiger partial charge in [0.15, 0.2) is 0 Å². The van der Waals surface area contributed by atoms with Gasteiger partial charge in [-0.3, -0.25) is 9.59 Å². The van der Waals surface area contributed by atoms with Crippen molar-refractivity contribution in [3.05, 3.63) is 50.6 Å². The maximum atomic E-state index is 12.1. The number of nitrogens with zero attached hydrogens (tertiary/aromatic N) is 1. The van der Waals surface area contributed by atoms with E-state index in [0.717, 1.165) is 15.1 Å². The van der Waals surface area contributed by atoms with Crippen molar-refractivity contribution in [3.63, 3.8) is 0 Å². The zero-order valence-corrected chi connectivity index (χ0v) is 17.3. The second-order valence-corrected chi connectivity index (χ2v) is 8.31. The number of carbonyl (C=O) groups excluding carboxylic acids is 2. The van der Waals surface area contributed by atoms with Gasteiger partial charge in [0.25, 0.3) is 5.91 Å². The van der Waals surface area contributed by atoms with Gasteiger partial charge in [-0.25, -0.2) is 0 Å². The van der Waals surface area contributed by atoms with Crippen LogP contribution >= 0.6 is 27.3 Å². The summed E-state index contributed by atoms with van der Waals surface area (Å²) in [5.74, 6) is 0.308. The molecule has 0 saturated heterocycles. The lowest BCUT2D eigenvalue weighted by atomic mass is 10.1. The van der Waals surface area contributed by atoms with Gasteiger partial charge >= 0.3 is 0 Å². The fourth-order valence-corrected chi connectivity index (χ4v) is 3.68. The van der Waals surface area contributed by atoms with E-state index in [2.05, 4.69) is 26.6 Å². The largest absolute Gasteiger partial charge is 0.497 e. The third-order valence-electron chi connectivity index (χ3n) is 3.82. The molecule has 0 aliphatic rings. The molecule has 0 saturated carbocycles. The number of halogens is 1. The predicted octanol–water partition coefficient (Wildman–Crippen LogP) is 2.67. The molecule has 8 heteroatoms. The van der Waals surface area contributed by atoms with E-state index in [0.29, 0.717) is 11.4 Å². The Labute approximate surface area is 165 Å². The van der Waals surface area contributed by atoms with Crippen LogP contribution in [0.25, 0.3) is 0 Å². The predicted molar refractivity (Wildman–Crippen MR) is 107 cm³/mol. The molecule has 0 bridgehead atoms. The summed E-state index contributed by atoms with van der Waals surface area (Å²) in [6, 6.07) is 11.3. The van der Waals surface area contributed by atoms with Gasteiger partial charge in [-0.05, 0) is 59.9 Å². The minimum absolute atomic E-state index is 0.0220. The molecule has 1 unspecified atom stereocenters. The fourth-order valence-electron chi connectivity index (χ4n) is 2.38. The van der Waals surface area contributed by atoms with Gasteiger partial charge in [-0.1, -0.05) is 12.1 Å². The number of methoxy groups -OCH3 is 1. The summed E-state index contributed by atoms with van der Waals surface area (Å²) < 4.78 is 6.05. The van der Waals surface area contributed by atoms with Crippen LogP contribution in [0.15, 0.2) is 40.2 Å². The second-order valence-electron chi connectivity index (χ2n) is 5.84. The lowest BCUT2D eigenvalue weighted by Gasteiger charge is -2.25. The monoisotopic (exact) mass is 439 g/mol. The number of hydrogen-bond acceptors (Lipinski definition) is 5. The molecule has 1 aromatic carbocycles. The van der Waals surface area contributed by atoms with Crippen molar-refractivity contribution < 1.29 is 14.3 Å². The molecule has 140 valence electrons. The van der Waals surface area contributed by atoms with E-state index in [4.69, 9.17) is 4.74 Å². The summed E-state index contributed by atoms with van der Waals surface area (Å²) in [5, 5.41) is 5.50. The first-order valence-electron chi connectivity index (χ1n) is 8.01. The molecule has 2 amide bonds. The Morgan fingerprint density at radius 3 is 2.38 bits per heavy atom. The first-order chi connectivity index (χ1) is 12.4. The minimum Gasteiger partial charge on any atom is -0.497 e. The third kappa shape index (κ3) is 5.82. The molecular weight excluding hydrogens is 418 g/mol. The van der Waals surface area contributed by atoms with Gasteiger partial charge in [0, 0.05) is 6.54 Å². The van der Waals surface area contributed by atoms with E-state index in [1.165, 1.54) is 11.3 Å². The van der Waals surface area contributed by atoms with Gasteiger partial charge in [-0.15, -0.1) is 11.3 Å². The number of ether oxygens (including phenoxy) is 1. The van der Waals surface area contributed by atoms with E-state index in [9.17, 15) is 9.59 Å². The van der Waals surface area contributed by atoms with Crippen LogP contribution in [0.4, 0.5) is 0 Å². The highest BCUT2D eigenvalue weighted by molar-refractivity contribution is 9.11. The van der Waals surface area contributed by atoms with Crippen molar-refractivity contribution >= 4 is 39.1 Å². The number of carbonyl (C=O) groups is 2. The Kier molecular flexibility index (Phi) is 7.62. The van der Waals surface area contributed by atoms with Gasteiger partial charge < -0.3 is 20.3 Å². The third-order valence-corrected chi connectivity index (χ3v) is 5.45. The molecule has 0 radical (unpaired) electrons. The molecule has 0 fully saturated rings. The molecule has 6 nitrogen and oxygen atoms in total. The minimum atomic E-state index is -0.254. The van der Waals surface area contributed by atoms with Crippen LogP contribution in [0.5, 0.6) is 5.75 Å². The van der Waals surface area contributed by atoms with E-state index in [1.54, 1.807) is 19.2 Å². The summed E-state index contributed by atoms with van der Waals surface area (Å²) in [7, 11) is 5.54. The molecule has 2 rings (SSSR count). The summed E-state index contributed by atoms with van der Waals surface area (Å²) in [5.41, 5.74) is 1.07. The molecular formula is C18H22BrN3O3S. The Morgan fingerprint density at radius 1 is 1.15 bits per heavy atom. The Bertz CT molecular complexity index is 746. The average Bonchev–Trinajstić information content (AvgIpc) is 3.06. The van der Waals surface area contributed by atoms with Crippen molar-refractivity contribution in [2.45, 2.75) is 6.04 Å². The molecule has 1 atom stereocenters. The summed E-state index contributed by atoms with van der Waals surface area (Å²) >= 11 is 4.64. The Morgan fingerprint density at radius 2 is 1.85 bits per heavy atom. The zero-order chi connectivity index (χ0) is 19.1. The van der Waals surface area contributed by atoms with Gasteiger partial charge in [0.2, 0.25) is 5.91 Å². The standard InChI is InChI=1S/C18H22BrN3O3S/c1-22(2)14(12-4-6-13(25-3)7-5-12)10-20-17(23)11-21-18(24)15-8-9-16(19)26-15/h4-9,14H,10-11H2,1-3H3,(H,20,23)(H,21,24). The molecule has 0 aliphatic heterocycles. The Balaban J connectivity index is 1.85. The van der Waals surface area contributed by atoms with Gasteiger partial charge in [-0.2, -0.15) is 0 Å². The van der Waals surface area contributed by atoms with Crippen LogP contribution in [0.1, 0.15) is 21.3 Å². The molecule has 0 aliphatic carbocycles. The van der Waals surface area contributed by atoms with Crippen molar-refractivity contribution in [1.29, 1.82) is 0 Å². The van der Waals surface area contributed by atoms with Crippen molar-refractivity contribution in [2.24, 2.45) is 0 Å². The SMILES string of the molecule is COc1ccc(C(CNC(=O)CNC(=O)c2ccc(Br)s2)N(C)C)cc1. The van der Waals surface area contributed by atoms with Crippen molar-refractivity contribution in [2.75, 3.05) is 34.3 Å². The smallest absolute Gasteiger partial charge is 0.261 e. The number of thiophene rings is 1. The van der Waals surface area contributed by atoms with Crippen LogP contribution in [0.3, 0.4) is 0 Å². The number of nitrogens with one attached hydrogen (secondary N) is 2. The molecule has 26 heavy (non-hydrogen) atoms. The first kappa shape index (κ1) is 20.4. The quantitative estimate of drug-likeness (QED) is 0.663. The van der Waals surface area contributed by atoms with Crippen LogP contribution in [0, 0.1) is 0 Å². The second kappa shape index (κ2) is 9.70. The summed E-state index contributed by atoms with van der Waals surface area (Å²) in [6.45, 7) is 0.385. The number of hydrogen-bond donors (Lipinski definition) is 2. The van der Waals surface area contributed by atoms with Crippen molar-refractivity contribution in [3.8, 4) is 5.75 Å². The highest BCUT2D eigenvalue weighted by Gasteiger charge is 2.16. The molecule has 1 heterocycles. The summed E-state index contributed by atoms with van der Waals surface area (Å²) in [4.78, 5) is 26.6. The van der Waals surface area contributed by atoms with E-state index in [-0.39, 0.29) is 24.4 Å². The number of rotatable bonds is 8. The first-order valence-corrected chi connectivity index (χ1v) is 9.62. The number of amides is 2. The molecule has 1 aromatic heterocycles. The van der Waals surface area contributed by atoms with Crippen LogP contribution in [0.2, 0.25) is 0 Å².